The molecule has 0 aliphatic carbocycles. The number of rotatable bonds is 3. The van der Waals surface area contributed by atoms with E-state index in [9.17, 15) is 9.59 Å². The number of nitrogens with two attached hydrogens (primary N) is 1. The minimum absolute atomic E-state index is 0.200. The van der Waals surface area contributed by atoms with Gasteiger partial charge < -0.3 is 20.7 Å². The minimum atomic E-state index is -0.768. The Morgan fingerprint density at radius 2 is 2.05 bits per heavy atom. The van der Waals surface area contributed by atoms with Gasteiger partial charge in [-0.05, 0) is 12.5 Å². The number of hydrogen-bond donors (Lipinski definition) is 2. The predicted octanol–water partition coefficient (Wildman–Crippen LogP) is -0.0318. The third kappa shape index (κ3) is 3.40. The van der Waals surface area contributed by atoms with Gasteiger partial charge in [-0.3, -0.25) is 9.59 Å². The lowest BCUT2D eigenvalue weighted by molar-refractivity contribution is -0.149. The first-order valence-electron chi connectivity index (χ1n) is 6.96. The summed E-state index contributed by atoms with van der Waals surface area (Å²) in [6.07, 6.45) is 0. The smallest absolute Gasteiger partial charge is 0.244 e. The average Bonchev–Trinajstić information content (AvgIpc) is 2.53. The number of likely N-dealkylation sites (N-methyl/N-ethyl adjacent to an activating group) is 1. The van der Waals surface area contributed by atoms with Crippen LogP contribution in [0.25, 0.3) is 0 Å². The summed E-state index contributed by atoms with van der Waals surface area (Å²) in [4.78, 5) is 25.9. The van der Waals surface area contributed by atoms with Gasteiger partial charge in [0.1, 0.15) is 12.1 Å². The van der Waals surface area contributed by atoms with Crippen LogP contribution in [0.1, 0.15) is 17.2 Å². The molecule has 2 rings (SSSR count). The van der Waals surface area contributed by atoms with Crippen LogP contribution >= 0.6 is 0 Å². The van der Waals surface area contributed by atoms with Gasteiger partial charge in [0.15, 0.2) is 0 Å². The highest BCUT2D eigenvalue weighted by molar-refractivity contribution is 5.90. The normalized spacial score (nSPS) is 20.0. The number of ether oxygens (including phenoxy) is 1. The molecule has 1 aliphatic rings. The number of morpholine rings is 1. The number of nitrogens with one attached hydrogen (secondary N) is 1. The molecule has 1 aliphatic heterocycles. The van der Waals surface area contributed by atoms with Crippen molar-refractivity contribution in [3.05, 3.63) is 35.4 Å². The topological polar surface area (TPSA) is 84.7 Å². The maximum absolute atomic E-state index is 12.6. The van der Waals surface area contributed by atoms with Crippen LogP contribution < -0.4 is 11.1 Å². The van der Waals surface area contributed by atoms with Gasteiger partial charge in [0, 0.05) is 13.6 Å². The van der Waals surface area contributed by atoms with Crippen LogP contribution in [0.5, 0.6) is 0 Å². The van der Waals surface area contributed by atoms with Crippen molar-refractivity contribution in [2.75, 3.05) is 26.8 Å². The second kappa shape index (κ2) is 6.69. The molecule has 1 aromatic carbocycles. The molecule has 0 aromatic heterocycles. The maximum Gasteiger partial charge on any atom is 0.244 e. The Bertz CT molecular complexity index is 515. The molecule has 2 unspecified atom stereocenters. The van der Waals surface area contributed by atoms with Crippen molar-refractivity contribution >= 4 is 11.8 Å². The molecule has 0 spiro atoms. The lowest BCUT2D eigenvalue weighted by Gasteiger charge is -2.35. The molecule has 114 valence electrons. The first-order chi connectivity index (χ1) is 10.0. The largest absolute Gasteiger partial charge is 0.377 e. The van der Waals surface area contributed by atoms with Crippen molar-refractivity contribution in [3.63, 3.8) is 0 Å². The molecule has 21 heavy (non-hydrogen) atoms. The van der Waals surface area contributed by atoms with Crippen LogP contribution in [0.3, 0.4) is 0 Å². The maximum atomic E-state index is 12.6. The molecule has 2 amide bonds. The molecule has 3 N–H and O–H groups in total. The van der Waals surface area contributed by atoms with Crippen LogP contribution in [0.4, 0.5) is 0 Å². The fourth-order valence-electron chi connectivity index (χ4n) is 2.35. The summed E-state index contributed by atoms with van der Waals surface area (Å²) in [5.74, 6) is -0.491. The second-order valence-electron chi connectivity index (χ2n) is 5.12. The van der Waals surface area contributed by atoms with E-state index >= 15 is 0 Å². The van der Waals surface area contributed by atoms with Crippen LogP contribution in [0.2, 0.25) is 0 Å². The number of benzene rings is 1. The molecule has 1 aromatic rings. The predicted molar refractivity (Wildman–Crippen MR) is 78.5 cm³/mol. The summed E-state index contributed by atoms with van der Waals surface area (Å²) in [6.45, 7) is 2.96. The van der Waals surface area contributed by atoms with E-state index in [0.717, 1.165) is 11.1 Å². The molecule has 0 saturated carbocycles. The number of carbonyl (C=O) groups is 2. The fourth-order valence-corrected chi connectivity index (χ4v) is 2.35. The average molecular weight is 291 g/mol. The van der Waals surface area contributed by atoms with Crippen molar-refractivity contribution < 1.29 is 14.3 Å². The third-order valence-corrected chi connectivity index (χ3v) is 3.66. The Morgan fingerprint density at radius 1 is 1.38 bits per heavy atom. The molecule has 6 heteroatoms. The van der Waals surface area contributed by atoms with Gasteiger partial charge in [0.25, 0.3) is 0 Å². The quantitative estimate of drug-likeness (QED) is 0.819. The molecule has 1 saturated heterocycles. The molecular weight excluding hydrogens is 270 g/mol. The molecule has 6 nitrogen and oxygen atoms in total. The van der Waals surface area contributed by atoms with E-state index < -0.39 is 12.1 Å². The van der Waals surface area contributed by atoms with E-state index in [4.69, 9.17) is 10.5 Å². The van der Waals surface area contributed by atoms with E-state index in [1.165, 1.54) is 4.90 Å². The highest BCUT2D eigenvalue weighted by atomic mass is 16.5. The van der Waals surface area contributed by atoms with Crippen LogP contribution in [0.15, 0.2) is 24.3 Å². The van der Waals surface area contributed by atoms with Crippen LogP contribution in [-0.2, 0) is 14.3 Å². The van der Waals surface area contributed by atoms with E-state index in [-0.39, 0.29) is 18.4 Å². The minimum Gasteiger partial charge on any atom is -0.377 e. The van der Waals surface area contributed by atoms with Gasteiger partial charge >= 0.3 is 0 Å². The number of aryl methyl sites for hydroxylation is 1. The van der Waals surface area contributed by atoms with Gasteiger partial charge in [0.05, 0.1) is 13.2 Å². The number of hydrogen-bond acceptors (Lipinski definition) is 4. The van der Waals surface area contributed by atoms with E-state index in [2.05, 4.69) is 5.32 Å². The Kier molecular flexibility index (Phi) is 4.93. The third-order valence-electron chi connectivity index (χ3n) is 3.66. The first kappa shape index (κ1) is 15.5. The Morgan fingerprint density at radius 3 is 2.67 bits per heavy atom. The van der Waals surface area contributed by atoms with Crippen molar-refractivity contribution in [3.8, 4) is 0 Å². The van der Waals surface area contributed by atoms with Gasteiger partial charge in [-0.1, -0.05) is 29.8 Å². The summed E-state index contributed by atoms with van der Waals surface area (Å²) < 4.78 is 5.29. The first-order valence-corrected chi connectivity index (χ1v) is 6.96. The lowest BCUT2D eigenvalue weighted by Crippen LogP contribution is -2.57. The summed E-state index contributed by atoms with van der Waals surface area (Å²) >= 11 is 0. The van der Waals surface area contributed by atoms with Crippen molar-refractivity contribution in [1.29, 1.82) is 0 Å². The Hall–Kier alpha value is -1.92. The van der Waals surface area contributed by atoms with Crippen LogP contribution in [0, 0.1) is 6.92 Å². The second-order valence-corrected chi connectivity index (χ2v) is 5.12. The Balaban J connectivity index is 2.16. The SMILES string of the molecule is CNC(=O)C1COCCN1C(=O)C(N)c1ccc(C)cc1. The van der Waals surface area contributed by atoms with Crippen molar-refractivity contribution in [1.82, 2.24) is 10.2 Å². The Labute approximate surface area is 124 Å². The fraction of sp³-hybridized carbons (Fsp3) is 0.467. The van der Waals surface area contributed by atoms with Crippen molar-refractivity contribution in [2.24, 2.45) is 5.73 Å². The molecule has 2 atom stereocenters. The van der Waals surface area contributed by atoms with Gasteiger partial charge in [0.2, 0.25) is 11.8 Å². The standard InChI is InChI=1S/C15H21N3O3/c1-10-3-5-11(6-4-10)13(16)15(20)18-7-8-21-9-12(18)14(19)17-2/h3-6,12-13H,7-9,16H2,1-2H3,(H,17,19). The zero-order chi connectivity index (χ0) is 15.4. The number of nitrogens with zero attached hydrogens (tertiary/aromatic N) is 1. The molecule has 0 bridgehead atoms. The van der Waals surface area contributed by atoms with Gasteiger partial charge in [-0.2, -0.15) is 0 Å². The number of amides is 2. The monoisotopic (exact) mass is 291 g/mol. The highest BCUT2D eigenvalue weighted by Gasteiger charge is 2.34. The summed E-state index contributed by atoms with van der Waals surface area (Å²) in [6, 6.07) is 6.12. The molecule has 1 heterocycles. The van der Waals surface area contributed by atoms with Crippen LogP contribution in [-0.4, -0.2) is 49.6 Å². The van der Waals surface area contributed by atoms with E-state index in [0.29, 0.717) is 13.2 Å². The summed E-state index contributed by atoms with van der Waals surface area (Å²) in [5.41, 5.74) is 7.91. The van der Waals surface area contributed by atoms with Gasteiger partial charge in [-0.25, -0.2) is 0 Å². The van der Waals surface area contributed by atoms with Crippen molar-refractivity contribution in [2.45, 2.75) is 19.0 Å². The molecular formula is C15H21N3O3. The van der Waals surface area contributed by atoms with Gasteiger partial charge in [-0.15, -0.1) is 0 Å². The highest BCUT2D eigenvalue weighted by Crippen LogP contribution is 2.17. The summed E-state index contributed by atoms with van der Waals surface area (Å²) in [7, 11) is 1.54. The zero-order valence-electron chi connectivity index (χ0n) is 12.3. The number of carbonyl (C=O) groups excluding carboxylic acids is 2. The summed E-state index contributed by atoms with van der Waals surface area (Å²) in [5, 5.41) is 2.55. The molecule has 1 fully saturated rings. The lowest BCUT2D eigenvalue weighted by atomic mass is 10.0. The van der Waals surface area contributed by atoms with E-state index in [1.54, 1.807) is 7.05 Å². The van der Waals surface area contributed by atoms with E-state index in [1.807, 2.05) is 31.2 Å². The molecule has 0 radical (unpaired) electrons. The zero-order valence-corrected chi connectivity index (χ0v) is 12.3.